The van der Waals surface area contributed by atoms with Gasteiger partial charge in [0, 0.05) is 39.3 Å². The first kappa shape index (κ1) is 22.3. The summed E-state index contributed by atoms with van der Waals surface area (Å²) in [6.07, 6.45) is 0. The molecule has 29 heavy (non-hydrogen) atoms. The highest BCUT2D eigenvalue weighted by Gasteiger charge is 2.17. The average Bonchev–Trinajstić information content (AvgIpc) is 2.70. The van der Waals surface area contributed by atoms with E-state index in [4.69, 9.17) is 24.5 Å². The molecule has 0 aliphatic carbocycles. The molecule has 1 aliphatic rings. The number of benzene rings is 2. The Kier molecular flexibility index (Phi) is 8.57. The molecule has 0 bridgehead atoms. The predicted octanol–water partition coefficient (Wildman–Crippen LogP) is 2.31. The van der Waals surface area contributed by atoms with Crippen LogP contribution in [0.15, 0.2) is 48.5 Å². The monoisotopic (exact) mass is 404 g/mol. The molecule has 1 heterocycles. The Morgan fingerprint density at radius 1 is 0.897 bits per heavy atom. The Morgan fingerprint density at radius 2 is 1.41 bits per heavy atom. The number of halogens is 1. The van der Waals surface area contributed by atoms with Gasteiger partial charge in [0.1, 0.15) is 11.6 Å². The van der Waals surface area contributed by atoms with E-state index in [-0.39, 0.29) is 5.82 Å². The Balaban J connectivity index is 0.000000438. The van der Waals surface area contributed by atoms with Gasteiger partial charge in [-0.25, -0.2) is 14.0 Å². The zero-order valence-electron chi connectivity index (χ0n) is 16.3. The van der Waals surface area contributed by atoms with E-state index in [1.165, 1.54) is 11.6 Å². The number of carboxylic acids is 2. The number of methoxy groups -OCH3 is 1. The molecule has 3 rings (SSSR count). The van der Waals surface area contributed by atoms with Crippen molar-refractivity contribution < 1.29 is 28.9 Å². The van der Waals surface area contributed by atoms with Crippen LogP contribution in [0.3, 0.4) is 0 Å². The van der Waals surface area contributed by atoms with Gasteiger partial charge in [-0.2, -0.15) is 0 Å². The number of carbonyl (C=O) groups is 2. The van der Waals surface area contributed by atoms with E-state index in [9.17, 15) is 4.39 Å². The summed E-state index contributed by atoms with van der Waals surface area (Å²) in [5, 5.41) is 14.8. The largest absolute Gasteiger partial charge is 0.497 e. The molecule has 0 spiro atoms. The molecule has 2 aromatic carbocycles. The smallest absolute Gasteiger partial charge is 0.414 e. The second kappa shape index (κ2) is 11.1. The van der Waals surface area contributed by atoms with Gasteiger partial charge >= 0.3 is 11.9 Å². The summed E-state index contributed by atoms with van der Waals surface area (Å²) in [4.78, 5) is 23.0. The summed E-state index contributed by atoms with van der Waals surface area (Å²) in [5.74, 6) is -2.90. The fourth-order valence-electron chi connectivity index (χ4n) is 2.99. The quantitative estimate of drug-likeness (QED) is 0.739. The van der Waals surface area contributed by atoms with Crippen LogP contribution in [0.5, 0.6) is 5.75 Å². The number of nitrogens with zero attached hydrogens (tertiary/aromatic N) is 2. The van der Waals surface area contributed by atoms with Crippen molar-refractivity contribution in [3.63, 3.8) is 0 Å². The van der Waals surface area contributed by atoms with Gasteiger partial charge < -0.3 is 14.9 Å². The van der Waals surface area contributed by atoms with E-state index < -0.39 is 11.9 Å². The van der Waals surface area contributed by atoms with Crippen molar-refractivity contribution in [2.24, 2.45) is 0 Å². The Labute approximate surface area is 168 Å². The van der Waals surface area contributed by atoms with E-state index in [0.717, 1.165) is 50.6 Å². The summed E-state index contributed by atoms with van der Waals surface area (Å²) in [5.41, 5.74) is 2.36. The minimum Gasteiger partial charge on any atom is -0.497 e. The van der Waals surface area contributed by atoms with Gasteiger partial charge in [0.15, 0.2) is 0 Å². The molecular formula is C21H25FN2O5. The van der Waals surface area contributed by atoms with Crippen LogP contribution in [-0.4, -0.2) is 65.2 Å². The van der Waals surface area contributed by atoms with E-state index >= 15 is 0 Å². The minimum atomic E-state index is -1.82. The summed E-state index contributed by atoms with van der Waals surface area (Å²) in [6.45, 7) is 5.92. The first-order valence-corrected chi connectivity index (χ1v) is 9.15. The number of carboxylic acid groups (broad SMARTS) is 2. The number of ether oxygens (including phenoxy) is 1. The summed E-state index contributed by atoms with van der Waals surface area (Å²) >= 11 is 0. The molecule has 8 heteroatoms. The summed E-state index contributed by atoms with van der Waals surface area (Å²) < 4.78 is 18.4. The van der Waals surface area contributed by atoms with E-state index in [1.54, 1.807) is 19.2 Å². The fraction of sp³-hybridized carbons (Fsp3) is 0.333. The van der Waals surface area contributed by atoms with E-state index in [1.807, 2.05) is 18.2 Å². The Hall–Kier alpha value is -2.97. The van der Waals surface area contributed by atoms with E-state index in [2.05, 4.69) is 21.9 Å². The van der Waals surface area contributed by atoms with Crippen LogP contribution in [0, 0.1) is 5.82 Å². The van der Waals surface area contributed by atoms with Crippen molar-refractivity contribution in [3.05, 3.63) is 65.5 Å². The van der Waals surface area contributed by atoms with Crippen molar-refractivity contribution in [1.29, 1.82) is 0 Å². The maximum Gasteiger partial charge on any atom is 0.414 e. The number of hydrogen-bond donors (Lipinski definition) is 2. The van der Waals surface area contributed by atoms with Crippen molar-refractivity contribution in [1.82, 2.24) is 9.80 Å². The first-order chi connectivity index (χ1) is 13.9. The molecule has 156 valence electrons. The summed E-state index contributed by atoms with van der Waals surface area (Å²) in [6, 6.07) is 15.2. The Morgan fingerprint density at radius 3 is 1.86 bits per heavy atom. The van der Waals surface area contributed by atoms with E-state index in [0.29, 0.717) is 0 Å². The lowest BCUT2D eigenvalue weighted by molar-refractivity contribution is -0.159. The van der Waals surface area contributed by atoms with Crippen LogP contribution < -0.4 is 4.74 Å². The molecule has 0 atom stereocenters. The van der Waals surface area contributed by atoms with Crippen molar-refractivity contribution in [2.45, 2.75) is 13.1 Å². The highest BCUT2D eigenvalue weighted by atomic mass is 19.1. The standard InChI is InChI=1S/C19H23FN2O.C2H2O4/c1-23-19-7-5-16(6-8-19)14-21-9-11-22(12-10-21)15-17-3-2-4-18(20)13-17;3-1(4)2(5)6/h2-8,13H,9-12,14-15H2,1H3;(H,3,4)(H,5,6). The molecule has 0 saturated carbocycles. The van der Waals surface area contributed by atoms with Crippen molar-refractivity contribution in [3.8, 4) is 5.75 Å². The van der Waals surface area contributed by atoms with Crippen LogP contribution in [0.25, 0.3) is 0 Å². The van der Waals surface area contributed by atoms with Gasteiger partial charge in [0.2, 0.25) is 0 Å². The van der Waals surface area contributed by atoms with Gasteiger partial charge in [-0.1, -0.05) is 24.3 Å². The number of hydrogen-bond acceptors (Lipinski definition) is 5. The Bertz CT molecular complexity index is 793. The fourth-order valence-corrected chi connectivity index (χ4v) is 2.99. The molecule has 1 fully saturated rings. The molecule has 0 radical (unpaired) electrons. The topological polar surface area (TPSA) is 90.3 Å². The molecule has 0 unspecified atom stereocenters. The molecule has 1 saturated heterocycles. The number of aliphatic carboxylic acids is 2. The summed E-state index contributed by atoms with van der Waals surface area (Å²) in [7, 11) is 1.69. The second-order valence-corrected chi connectivity index (χ2v) is 6.64. The average molecular weight is 404 g/mol. The van der Waals surface area contributed by atoms with Crippen LogP contribution >= 0.6 is 0 Å². The molecule has 0 aromatic heterocycles. The maximum atomic E-state index is 13.2. The zero-order valence-corrected chi connectivity index (χ0v) is 16.3. The van der Waals surface area contributed by atoms with Crippen LogP contribution in [0.4, 0.5) is 4.39 Å². The second-order valence-electron chi connectivity index (χ2n) is 6.64. The molecule has 1 aliphatic heterocycles. The SMILES string of the molecule is COc1ccc(CN2CCN(Cc3cccc(F)c3)CC2)cc1.O=C(O)C(=O)O. The third-order valence-electron chi connectivity index (χ3n) is 4.51. The highest BCUT2D eigenvalue weighted by molar-refractivity contribution is 6.27. The van der Waals surface area contributed by atoms with Gasteiger partial charge in [-0.05, 0) is 35.4 Å². The van der Waals surface area contributed by atoms with Gasteiger partial charge in [0.05, 0.1) is 7.11 Å². The van der Waals surface area contributed by atoms with Gasteiger partial charge in [-0.15, -0.1) is 0 Å². The highest BCUT2D eigenvalue weighted by Crippen LogP contribution is 2.15. The molecule has 2 aromatic rings. The molecule has 0 amide bonds. The third-order valence-corrected chi connectivity index (χ3v) is 4.51. The van der Waals surface area contributed by atoms with Crippen LogP contribution in [0.1, 0.15) is 11.1 Å². The number of piperazine rings is 1. The minimum absolute atomic E-state index is 0.152. The third kappa shape index (κ3) is 7.89. The molecule has 7 nitrogen and oxygen atoms in total. The zero-order chi connectivity index (χ0) is 21.2. The van der Waals surface area contributed by atoms with Gasteiger partial charge in [-0.3, -0.25) is 9.80 Å². The van der Waals surface area contributed by atoms with Crippen molar-refractivity contribution in [2.75, 3.05) is 33.3 Å². The van der Waals surface area contributed by atoms with Crippen molar-refractivity contribution >= 4 is 11.9 Å². The first-order valence-electron chi connectivity index (χ1n) is 9.15. The normalized spacial score (nSPS) is 14.6. The predicted molar refractivity (Wildman–Crippen MR) is 105 cm³/mol. The molecule has 2 N–H and O–H groups in total. The van der Waals surface area contributed by atoms with Crippen LogP contribution in [0.2, 0.25) is 0 Å². The lowest BCUT2D eigenvalue weighted by Gasteiger charge is -2.34. The lowest BCUT2D eigenvalue weighted by atomic mass is 10.1. The van der Waals surface area contributed by atoms with Gasteiger partial charge in [0.25, 0.3) is 0 Å². The number of rotatable bonds is 5. The lowest BCUT2D eigenvalue weighted by Crippen LogP contribution is -2.45. The van der Waals surface area contributed by atoms with Crippen LogP contribution in [-0.2, 0) is 22.7 Å². The molecular weight excluding hydrogens is 379 g/mol. The maximum absolute atomic E-state index is 13.2.